The number of anilines is 1. The quantitative estimate of drug-likeness (QED) is 0.845. The van der Waals surface area contributed by atoms with E-state index in [1.807, 2.05) is 12.1 Å². The molecule has 0 spiro atoms. The fourth-order valence-corrected chi connectivity index (χ4v) is 2.13. The number of morpholine rings is 1. The van der Waals surface area contributed by atoms with E-state index in [2.05, 4.69) is 21.8 Å². The molecule has 0 saturated carbocycles. The topological polar surface area (TPSA) is 51.4 Å². The molecule has 0 N–H and O–H groups in total. The van der Waals surface area contributed by atoms with E-state index >= 15 is 0 Å². The van der Waals surface area contributed by atoms with Crippen LogP contribution in [0.15, 0.2) is 29.1 Å². The van der Waals surface area contributed by atoms with Crippen LogP contribution in [0.25, 0.3) is 11.3 Å². The van der Waals surface area contributed by atoms with E-state index in [1.54, 1.807) is 12.5 Å². The van der Waals surface area contributed by atoms with Gasteiger partial charge < -0.3 is 14.1 Å². The van der Waals surface area contributed by atoms with Crippen molar-refractivity contribution < 1.29 is 9.15 Å². The van der Waals surface area contributed by atoms with Crippen molar-refractivity contribution in [3.05, 3.63) is 30.4 Å². The monoisotopic (exact) mass is 259 g/mol. The molecule has 3 heterocycles. The molecule has 0 bridgehead atoms. The van der Waals surface area contributed by atoms with Crippen molar-refractivity contribution in [2.75, 3.05) is 31.2 Å². The van der Waals surface area contributed by atoms with E-state index in [1.165, 1.54) is 0 Å². The predicted octanol–water partition coefficient (Wildman–Crippen LogP) is 2.14. The van der Waals surface area contributed by atoms with Crippen molar-refractivity contribution in [1.29, 1.82) is 0 Å². The van der Waals surface area contributed by atoms with E-state index in [-0.39, 0.29) is 0 Å². The second-order valence-corrected chi connectivity index (χ2v) is 4.51. The van der Waals surface area contributed by atoms with E-state index in [0.29, 0.717) is 0 Å². The van der Waals surface area contributed by atoms with E-state index in [0.717, 1.165) is 55.6 Å². The molecule has 0 unspecified atom stereocenters. The lowest BCUT2D eigenvalue weighted by molar-refractivity contribution is 0.122. The summed E-state index contributed by atoms with van der Waals surface area (Å²) in [7, 11) is 0. The maximum atomic E-state index is 5.37. The number of hydrogen-bond donors (Lipinski definition) is 0. The smallest absolute Gasteiger partial charge is 0.226 e. The molecule has 100 valence electrons. The molecule has 5 heteroatoms. The number of rotatable bonds is 3. The van der Waals surface area contributed by atoms with Gasteiger partial charge in [-0.3, -0.25) is 0 Å². The normalized spacial score (nSPS) is 15.7. The molecule has 19 heavy (non-hydrogen) atoms. The lowest BCUT2D eigenvalue weighted by Gasteiger charge is -2.27. The van der Waals surface area contributed by atoms with Crippen LogP contribution in [0, 0.1) is 0 Å². The van der Waals surface area contributed by atoms with Gasteiger partial charge in [0, 0.05) is 24.3 Å². The molecule has 0 aromatic carbocycles. The summed E-state index contributed by atoms with van der Waals surface area (Å²) in [5, 5.41) is 0. The number of aryl methyl sites for hydroxylation is 1. The first-order chi connectivity index (χ1) is 9.36. The Balaban J connectivity index is 1.97. The molecule has 5 nitrogen and oxygen atoms in total. The van der Waals surface area contributed by atoms with Crippen LogP contribution < -0.4 is 4.90 Å². The highest BCUT2D eigenvalue weighted by Gasteiger charge is 2.16. The highest BCUT2D eigenvalue weighted by atomic mass is 16.5. The second-order valence-electron chi connectivity index (χ2n) is 4.51. The molecule has 2 aromatic heterocycles. The Hall–Kier alpha value is -1.88. The van der Waals surface area contributed by atoms with Gasteiger partial charge in [-0.05, 0) is 18.6 Å². The number of ether oxygens (including phenoxy) is 1. The Labute approximate surface area is 112 Å². The molecule has 1 aliphatic heterocycles. The summed E-state index contributed by atoms with van der Waals surface area (Å²) in [6, 6.07) is 3.94. The zero-order chi connectivity index (χ0) is 13.1. The fraction of sp³-hybridized carbons (Fsp3) is 0.429. The minimum Gasteiger partial charge on any atom is -0.472 e. The van der Waals surface area contributed by atoms with Crippen molar-refractivity contribution >= 4 is 5.95 Å². The first-order valence-electron chi connectivity index (χ1n) is 6.60. The molecule has 0 radical (unpaired) electrons. The van der Waals surface area contributed by atoms with Crippen LogP contribution in [0.1, 0.15) is 12.6 Å². The summed E-state index contributed by atoms with van der Waals surface area (Å²) in [5.74, 6) is 0.791. The van der Waals surface area contributed by atoms with Crippen LogP contribution in [-0.4, -0.2) is 36.3 Å². The summed E-state index contributed by atoms with van der Waals surface area (Å²) in [6.07, 6.45) is 4.27. The van der Waals surface area contributed by atoms with Gasteiger partial charge in [0.25, 0.3) is 0 Å². The molecule has 2 aromatic rings. The maximum absolute atomic E-state index is 5.37. The van der Waals surface area contributed by atoms with Crippen LogP contribution in [0.2, 0.25) is 0 Å². The summed E-state index contributed by atoms with van der Waals surface area (Å²) in [4.78, 5) is 11.4. The lowest BCUT2D eigenvalue weighted by atomic mass is 10.2. The molecule has 0 aliphatic carbocycles. The second kappa shape index (κ2) is 5.40. The predicted molar refractivity (Wildman–Crippen MR) is 72.1 cm³/mol. The molecular weight excluding hydrogens is 242 g/mol. The molecule has 0 amide bonds. The summed E-state index contributed by atoms with van der Waals surface area (Å²) in [5.41, 5.74) is 2.96. The first-order valence-corrected chi connectivity index (χ1v) is 6.60. The van der Waals surface area contributed by atoms with Gasteiger partial charge in [-0.25, -0.2) is 9.97 Å². The van der Waals surface area contributed by atoms with Crippen LogP contribution in [0.3, 0.4) is 0 Å². The molecular formula is C14H17N3O2. The lowest BCUT2D eigenvalue weighted by Crippen LogP contribution is -2.37. The summed E-state index contributed by atoms with van der Waals surface area (Å²) >= 11 is 0. The van der Waals surface area contributed by atoms with Gasteiger partial charge in [0.05, 0.1) is 31.4 Å². The average molecular weight is 259 g/mol. The minimum absolute atomic E-state index is 0.737. The molecule has 1 aliphatic rings. The maximum Gasteiger partial charge on any atom is 0.226 e. The van der Waals surface area contributed by atoms with Crippen molar-refractivity contribution in [2.45, 2.75) is 13.3 Å². The Morgan fingerprint density at radius 3 is 2.79 bits per heavy atom. The van der Waals surface area contributed by atoms with E-state index in [4.69, 9.17) is 9.15 Å². The Morgan fingerprint density at radius 1 is 1.26 bits per heavy atom. The fourth-order valence-electron chi connectivity index (χ4n) is 2.13. The Kier molecular flexibility index (Phi) is 3.46. The van der Waals surface area contributed by atoms with E-state index < -0.39 is 0 Å². The van der Waals surface area contributed by atoms with Gasteiger partial charge >= 0.3 is 0 Å². The highest BCUT2D eigenvalue weighted by molar-refractivity contribution is 5.59. The van der Waals surface area contributed by atoms with Crippen molar-refractivity contribution in [3.8, 4) is 11.3 Å². The third-order valence-electron chi connectivity index (χ3n) is 3.24. The van der Waals surface area contributed by atoms with Crippen LogP contribution in [-0.2, 0) is 11.2 Å². The van der Waals surface area contributed by atoms with Crippen LogP contribution in [0.5, 0.6) is 0 Å². The number of aromatic nitrogens is 2. The molecule has 1 saturated heterocycles. The van der Waals surface area contributed by atoms with Crippen LogP contribution >= 0.6 is 0 Å². The minimum atomic E-state index is 0.737. The Morgan fingerprint density at radius 2 is 2.11 bits per heavy atom. The van der Waals surface area contributed by atoms with Gasteiger partial charge in [0.2, 0.25) is 5.95 Å². The number of nitrogens with zero attached hydrogens (tertiary/aromatic N) is 3. The Bertz CT molecular complexity index is 534. The first kappa shape index (κ1) is 12.2. The third kappa shape index (κ3) is 2.61. The molecule has 0 atom stereocenters. The zero-order valence-corrected chi connectivity index (χ0v) is 11.0. The number of furan rings is 1. The zero-order valence-electron chi connectivity index (χ0n) is 11.0. The standard InChI is InChI=1S/C14H17N3O2/c1-2-12-9-13(11-3-6-19-10-11)16-14(15-12)17-4-7-18-8-5-17/h3,6,9-10H,2,4-5,7-8H2,1H3. The van der Waals surface area contributed by atoms with Gasteiger partial charge in [0.1, 0.15) is 0 Å². The highest BCUT2D eigenvalue weighted by Crippen LogP contribution is 2.22. The average Bonchev–Trinajstić information content (AvgIpc) is 3.02. The molecule has 3 rings (SSSR count). The summed E-state index contributed by atoms with van der Waals surface area (Å²) in [6.45, 7) is 5.27. The SMILES string of the molecule is CCc1cc(-c2ccoc2)nc(N2CCOCC2)n1. The van der Waals surface area contributed by atoms with Gasteiger partial charge in [0.15, 0.2) is 0 Å². The molecule has 1 fully saturated rings. The van der Waals surface area contributed by atoms with Crippen molar-refractivity contribution in [1.82, 2.24) is 9.97 Å². The van der Waals surface area contributed by atoms with E-state index in [9.17, 15) is 0 Å². The van der Waals surface area contributed by atoms with Gasteiger partial charge in [-0.15, -0.1) is 0 Å². The van der Waals surface area contributed by atoms with Crippen molar-refractivity contribution in [3.63, 3.8) is 0 Å². The van der Waals surface area contributed by atoms with Gasteiger partial charge in [-0.1, -0.05) is 6.92 Å². The van der Waals surface area contributed by atoms with Crippen LogP contribution in [0.4, 0.5) is 5.95 Å². The van der Waals surface area contributed by atoms with Gasteiger partial charge in [-0.2, -0.15) is 0 Å². The largest absolute Gasteiger partial charge is 0.472 e. The number of hydrogen-bond acceptors (Lipinski definition) is 5. The van der Waals surface area contributed by atoms with Crippen molar-refractivity contribution in [2.24, 2.45) is 0 Å². The summed E-state index contributed by atoms with van der Waals surface area (Å²) < 4.78 is 10.5. The third-order valence-corrected chi connectivity index (χ3v) is 3.24.